The molecule has 0 bridgehead atoms. The van der Waals surface area contributed by atoms with Crippen LogP contribution in [0.1, 0.15) is 18.4 Å². The number of hydrogen-bond acceptors (Lipinski definition) is 2. The number of nitrogens with zero attached hydrogens (tertiary/aromatic N) is 1. The van der Waals surface area contributed by atoms with E-state index in [-0.39, 0.29) is 11.7 Å². The Morgan fingerprint density at radius 3 is 2.91 bits per heavy atom. The zero-order valence-corrected chi connectivity index (χ0v) is 12.0. The van der Waals surface area contributed by atoms with Gasteiger partial charge in [-0.2, -0.15) is 13.2 Å². The molecule has 2 aliphatic rings. The number of nitrogens with one attached hydrogen (secondary N) is 2. The van der Waals surface area contributed by atoms with Gasteiger partial charge in [0.25, 0.3) is 0 Å². The van der Waals surface area contributed by atoms with Crippen LogP contribution in [0.4, 0.5) is 23.7 Å². The molecule has 0 aromatic heterocycles. The Morgan fingerprint density at radius 1 is 1.32 bits per heavy atom. The van der Waals surface area contributed by atoms with Crippen molar-refractivity contribution in [2.45, 2.75) is 25.1 Å². The number of anilines is 1. The molecule has 0 saturated carbocycles. The minimum atomic E-state index is -4.41. The summed E-state index contributed by atoms with van der Waals surface area (Å²) in [6.07, 6.45) is -2.48. The second-order valence-corrected chi connectivity index (χ2v) is 5.85. The Morgan fingerprint density at radius 2 is 2.14 bits per heavy atom. The number of carbonyl (C=O) groups excluding carboxylic acids is 1. The fourth-order valence-corrected chi connectivity index (χ4v) is 3.21. The number of piperidine rings is 1. The molecule has 2 aliphatic heterocycles. The Bertz CT molecular complexity index is 561. The van der Waals surface area contributed by atoms with Gasteiger partial charge in [-0.25, -0.2) is 4.79 Å². The maximum Gasteiger partial charge on any atom is 0.416 e. The third kappa shape index (κ3) is 3.19. The molecule has 0 spiro atoms. The van der Waals surface area contributed by atoms with Crippen molar-refractivity contribution in [3.05, 3.63) is 29.8 Å². The second-order valence-electron chi connectivity index (χ2n) is 5.85. The summed E-state index contributed by atoms with van der Waals surface area (Å²) in [5.41, 5.74) is -0.588. The van der Waals surface area contributed by atoms with Gasteiger partial charge in [-0.1, -0.05) is 6.07 Å². The molecule has 1 aromatic carbocycles. The van der Waals surface area contributed by atoms with Crippen molar-refractivity contribution < 1.29 is 18.0 Å². The van der Waals surface area contributed by atoms with Gasteiger partial charge in [0.2, 0.25) is 0 Å². The van der Waals surface area contributed by atoms with Crippen molar-refractivity contribution in [2.24, 2.45) is 5.92 Å². The Balaban J connectivity index is 1.64. The van der Waals surface area contributed by atoms with Crippen molar-refractivity contribution in [1.29, 1.82) is 0 Å². The molecule has 0 radical (unpaired) electrons. The quantitative estimate of drug-likeness (QED) is 0.837. The van der Waals surface area contributed by atoms with Gasteiger partial charge in [-0.3, -0.25) is 0 Å². The van der Waals surface area contributed by atoms with Gasteiger partial charge in [0, 0.05) is 24.8 Å². The predicted octanol–water partition coefficient (Wildman–Crippen LogP) is 2.92. The normalized spacial score (nSPS) is 25.0. The van der Waals surface area contributed by atoms with E-state index in [9.17, 15) is 18.0 Å². The molecule has 2 heterocycles. The molecule has 2 fully saturated rings. The van der Waals surface area contributed by atoms with Crippen LogP contribution in [0.15, 0.2) is 24.3 Å². The highest BCUT2D eigenvalue weighted by atomic mass is 19.4. The SMILES string of the molecule is O=C(Nc1cccc(C(F)(F)F)c1)N1CCC2NCCC2C1. The highest BCUT2D eigenvalue weighted by Crippen LogP contribution is 2.31. The number of likely N-dealkylation sites (tertiary alicyclic amines) is 1. The lowest BCUT2D eigenvalue weighted by Gasteiger charge is -2.34. The van der Waals surface area contributed by atoms with Crippen molar-refractivity contribution in [3.8, 4) is 0 Å². The van der Waals surface area contributed by atoms with E-state index in [0.717, 1.165) is 31.5 Å². The highest BCUT2D eigenvalue weighted by molar-refractivity contribution is 5.89. The van der Waals surface area contributed by atoms with E-state index in [0.29, 0.717) is 25.0 Å². The van der Waals surface area contributed by atoms with Gasteiger partial charge in [0.05, 0.1) is 5.56 Å². The number of amides is 2. The molecule has 2 saturated heterocycles. The van der Waals surface area contributed by atoms with Crippen LogP contribution < -0.4 is 10.6 Å². The molecule has 3 rings (SSSR count). The lowest BCUT2D eigenvalue weighted by molar-refractivity contribution is -0.137. The summed E-state index contributed by atoms with van der Waals surface area (Å²) in [4.78, 5) is 13.9. The van der Waals surface area contributed by atoms with Crippen molar-refractivity contribution in [3.63, 3.8) is 0 Å². The summed E-state index contributed by atoms with van der Waals surface area (Å²) in [7, 11) is 0. The summed E-state index contributed by atoms with van der Waals surface area (Å²) in [5.74, 6) is 0.445. The molecule has 1 aromatic rings. The van der Waals surface area contributed by atoms with E-state index in [1.807, 2.05) is 0 Å². The fraction of sp³-hybridized carbons (Fsp3) is 0.533. The molecular formula is C15H18F3N3O. The van der Waals surface area contributed by atoms with Crippen LogP contribution in [0.25, 0.3) is 0 Å². The Hall–Kier alpha value is -1.76. The molecule has 2 N–H and O–H groups in total. The van der Waals surface area contributed by atoms with Crippen molar-refractivity contribution in [1.82, 2.24) is 10.2 Å². The predicted molar refractivity (Wildman–Crippen MR) is 76.6 cm³/mol. The number of urea groups is 1. The third-order valence-electron chi connectivity index (χ3n) is 4.38. The second kappa shape index (κ2) is 5.79. The number of fused-ring (bicyclic) bond motifs is 1. The third-order valence-corrected chi connectivity index (χ3v) is 4.38. The van der Waals surface area contributed by atoms with Crippen LogP contribution >= 0.6 is 0 Å². The summed E-state index contributed by atoms with van der Waals surface area (Å²) in [6, 6.07) is 4.86. The number of benzene rings is 1. The average Bonchev–Trinajstić information content (AvgIpc) is 2.94. The minimum absolute atomic E-state index is 0.173. The van der Waals surface area contributed by atoms with Gasteiger partial charge >= 0.3 is 12.2 Å². The van der Waals surface area contributed by atoms with E-state index in [4.69, 9.17) is 0 Å². The van der Waals surface area contributed by atoms with Crippen molar-refractivity contribution >= 4 is 11.7 Å². The Labute approximate surface area is 126 Å². The topological polar surface area (TPSA) is 44.4 Å². The van der Waals surface area contributed by atoms with Crippen molar-refractivity contribution in [2.75, 3.05) is 25.0 Å². The zero-order chi connectivity index (χ0) is 15.7. The molecule has 4 nitrogen and oxygen atoms in total. The average molecular weight is 313 g/mol. The standard InChI is InChI=1S/C15H18F3N3O/c16-15(17,18)11-2-1-3-12(8-11)20-14(22)21-7-5-13-10(9-21)4-6-19-13/h1-3,8,10,13,19H,4-7,9H2,(H,20,22). The molecule has 120 valence electrons. The fourth-order valence-electron chi connectivity index (χ4n) is 3.21. The first-order valence-electron chi connectivity index (χ1n) is 7.40. The van der Waals surface area contributed by atoms with Crippen LogP contribution in [0.2, 0.25) is 0 Å². The number of rotatable bonds is 1. The number of halogens is 3. The maximum absolute atomic E-state index is 12.7. The van der Waals surface area contributed by atoms with E-state index >= 15 is 0 Å². The van der Waals surface area contributed by atoms with Gasteiger partial charge in [-0.05, 0) is 43.5 Å². The molecule has 2 atom stereocenters. The molecule has 2 amide bonds. The van der Waals surface area contributed by atoms with Crippen LogP contribution in [-0.2, 0) is 6.18 Å². The maximum atomic E-state index is 12.7. The molecular weight excluding hydrogens is 295 g/mol. The van der Waals surface area contributed by atoms with Crippen LogP contribution in [0.3, 0.4) is 0 Å². The van der Waals surface area contributed by atoms with Gasteiger partial charge in [0.1, 0.15) is 0 Å². The summed E-state index contributed by atoms with van der Waals surface area (Å²) < 4.78 is 38.0. The highest BCUT2D eigenvalue weighted by Gasteiger charge is 2.34. The smallest absolute Gasteiger partial charge is 0.324 e. The first-order chi connectivity index (χ1) is 10.4. The largest absolute Gasteiger partial charge is 0.416 e. The monoisotopic (exact) mass is 313 g/mol. The first kappa shape index (κ1) is 15.1. The zero-order valence-electron chi connectivity index (χ0n) is 12.0. The van der Waals surface area contributed by atoms with Gasteiger partial charge in [-0.15, -0.1) is 0 Å². The lowest BCUT2D eigenvalue weighted by Crippen LogP contribution is -2.48. The molecule has 2 unspecified atom stereocenters. The Kier molecular flexibility index (Phi) is 3.99. The first-order valence-corrected chi connectivity index (χ1v) is 7.40. The van der Waals surface area contributed by atoms with Crippen LogP contribution in [0, 0.1) is 5.92 Å². The summed E-state index contributed by atoms with van der Waals surface area (Å²) in [6.45, 7) is 2.25. The molecule has 7 heteroatoms. The van der Waals surface area contributed by atoms with Gasteiger partial charge < -0.3 is 15.5 Å². The summed E-state index contributed by atoms with van der Waals surface area (Å²) >= 11 is 0. The van der Waals surface area contributed by atoms with E-state index < -0.39 is 11.7 Å². The number of carbonyl (C=O) groups is 1. The van der Waals surface area contributed by atoms with E-state index in [2.05, 4.69) is 10.6 Å². The number of alkyl halides is 3. The summed E-state index contributed by atoms with van der Waals surface area (Å²) in [5, 5.41) is 5.98. The number of hydrogen-bond donors (Lipinski definition) is 2. The van der Waals surface area contributed by atoms with Crippen LogP contribution in [-0.4, -0.2) is 36.6 Å². The molecule has 22 heavy (non-hydrogen) atoms. The van der Waals surface area contributed by atoms with Gasteiger partial charge in [0.15, 0.2) is 0 Å². The van der Waals surface area contributed by atoms with Crippen LogP contribution in [0.5, 0.6) is 0 Å². The minimum Gasteiger partial charge on any atom is -0.324 e. The lowest BCUT2D eigenvalue weighted by atomic mass is 9.93. The van der Waals surface area contributed by atoms with E-state index in [1.165, 1.54) is 12.1 Å². The molecule has 0 aliphatic carbocycles. The van der Waals surface area contributed by atoms with E-state index in [1.54, 1.807) is 4.90 Å².